The van der Waals surface area contributed by atoms with Crippen molar-refractivity contribution in [3.63, 3.8) is 0 Å². The van der Waals surface area contributed by atoms with E-state index in [1.54, 1.807) is 6.92 Å². The van der Waals surface area contributed by atoms with Crippen LogP contribution < -0.4 is 0 Å². The Morgan fingerprint density at radius 1 is 1.41 bits per heavy atom. The van der Waals surface area contributed by atoms with Crippen LogP contribution >= 0.6 is 0 Å². The highest BCUT2D eigenvalue weighted by molar-refractivity contribution is 6.02. The second-order valence-electron chi connectivity index (χ2n) is 4.41. The molecule has 1 aromatic rings. The molecule has 0 saturated carbocycles. The Bertz CT molecular complexity index is 463. The van der Waals surface area contributed by atoms with E-state index in [9.17, 15) is 13.2 Å². The van der Waals surface area contributed by atoms with Gasteiger partial charge in [0.1, 0.15) is 5.82 Å². The summed E-state index contributed by atoms with van der Waals surface area (Å²) in [7, 11) is 0. The van der Waals surface area contributed by atoms with Crippen LogP contribution in [0.1, 0.15) is 44.0 Å². The molecule has 2 heterocycles. The van der Waals surface area contributed by atoms with E-state index in [2.05, 4.69) is 9.98 Å². The molecule has 1 aliphatic heterocycles. The van der Waals surface area contributed by atoms with Gasteiger partial charge in [-0.2, -0.15) is 0 Å². The Kier molecular flexibility index (Phi) is 2.93. The van der Waals surface area contributed by atoms with Gasteiger partial charge in [-0.15, -0.1) is 0 Å². The van der Waals surface area contributed by atoms with Crippen LogP contribution in [0.15, 0.2) is 17.3 Å². The van der Waals surface area contributed by atoms with Crippen molar-refractivity contribution in [2.45, 2.75) is 38.7 Å². The maximum Gasteiger partial charge on any atom is 0.245 e. The lowest BCUT2D eigenvalue weighted by Crippen LogP contribution is -2.13. The van der Waals surface area contributed by atoms with Gasteiger partial charge in [0.25, 0.3) is 0 Å². The van der Waals surface area contributed by atoms with E-state index in [1.807, 2.05) is 0 Å². The molecule has 0 amide bonds. The Balaban J connectivity index is 2.20. The number of aromatic nitrogens is 1. The van der Waals surface area contributed by atoms with Crippen LogP contribution in [0.5, 0.6) is 0 Å². The molecule has 0 spiro atoms. The van der Waals surface area contributed by atoms with Crippen LogP contribution in [-0.2, 0) is 0 Å². The van der Waals surface area contributed by atoms with Crippen molar-refractivity contribution in [3.8, 4) is 0 Å². The van der Waals surface area contributed by atoms with Gasteiger partial charge in [0, 0.05) is 12.0 Å². The molecule has 0 N–H and O–H groups in total. The van der Waals surface area contributed by atoms with Crippen molar-refractivity contribution in [1.29, 1.82) is 0 Å². The summed E-state index contributed by atoms with van der Waals surface area (Å²) in [5, 5.41) is 0. The largest absolute Gasteiger partial charge is 0.280 e. The van der Waals surface area contributed by atoms with Crippen molar-refractivity contribution in [3.05, 3.63) is 29.3 Å². The molecular weight excluding hydrogens is 229 g/mol. The number of alkyl halides is 2. The SMILES string of the molecule is C[C@H]1N=C(CCC(C)(F)F)c2ncc(F)cc21. The van der Waals surface area contributed by atoms with E-state index >= 15 is 0 Å². The molecule has 0 fully saturated rings. The first-order valence-corrected chi connectivity index (χ1v) is 5.47. The third-order valence-corrected chi connectivity index (χ3v) is 2.76. The highest BCUT2D eigenvalue weighted by Crippen LogP contribution is 2.31. The molecule has 1 aromatic heterocycles. The number of rotatable bonds is 3. The van der Waals surface area contributed by atoms with Crippen LogP contribution in [0.2, 0.25) is 0 Å². The van der Waals surface area contributed by atoms with E-state index in [4.69, 9.17) is 0 Å². The van der Waals surface area contributed by atoms with Crippen LogP contribution in [0.3, 0.4) is 0 Å². The maximum atomic E-state index is 13.0. The van der Waals surface area contributed by atoms with Gasteiger partial charge in [-0.05, 0) is 26.3 Å². The monoisotopic (exact) mass is 242 g/mol. The summed E-state index contributed by atoms with van der Waals surface area (Å²) in [6, 6.07) is 1.17. The topological polar surface area (TPSA) is 25.2 Å². The fourth-order valence-electron chi connectivity index (χ4n) is 1.90. The Hall–Kier alpha value is -1.39. The lowest BCUT2D eigenvalue weighted by molar-refractivity contribution is 0.0151. The first kappa shape index (κ1) is 12.1. The van der Waals surface area contributed by atoms with Crippen molar-refractivity contribution in [1.82, 2.24) is 4.98 Å². The smallest absolute Gasteiger partial charge is 0.245 e. The van der Waals surface area contributed by atoms with E-state index in [0.29, 0.717) is 17.0 Å². The van der Waals surface area contributed by atoms with Gasteiger partial charge in [0.2, 0.25) is 5.92 Å². The number of halogens is 3. The predicted octanol–water partition coefficient (Wildman–Crippen LogP) is 3.52. The van der Waals surface area contributed by atoms with Gasteiger partial charge in [-0.3, -0.25) is 9.98 Å². The molecule has 17 heavy (non-hydrogen) atoms. The average molecular weight is 242 g/mol. The van der Waals surface area contributed by atoms with Crippen LogP contribution in [0.4, 0.5) is 13.2 Å². The van der Waals surface area contributed by atoms with Crippen molar-refractivity contribution >= 4 is 5.71 Å². The Morgan fingerprint density at radius 2 is 2.12 bits per heavy atom. The predicted molar refractivity (Wildman–Crippen MR) is 59.0 cm³/mol. The third-order valence-electron chi connectivity index (χ3n) is 2.76. The maximum absolute atomic E-state index is 13.0. The first-order valence-electron chi connectivity index (χ1n) is 5.47. The van der Waals surface area contributed by atoms with Gasteiger partial charge in [0.05, 0.1) is 23.6 Å². The number of aliphatic imine (C=N–C) groups is 1. The zero-order chi connectivity index (χ0) is 12.6. The highest BCUT2D eigenvalue weighted by Gasteiger charge is 2.27. The van der Waals surface area contributed by atoms with Crippen LogP contribution in [0, 0.1) is 5.82 Å². The number of nitrogens with zero attached hydrogens (tertiary/aromatic N) is 2. The minimum Gasteiger partial charge on any atom is -0.280 e. The molecule has 5 heteroatoms. The minimum absolute atomic E-state index is 0.166. The molecule has 0 aromatic carbocycles. The number of pyridine rings is 1. The summed E-state index contributed by atoms with van der Waals surface area (Å²) in [6.45, 7) is 2.68. The van der Waals surface area contributed by atoms with Crippen molar-refractivity contribution in [2.24, 2.45) is 4.99 Å². The summed E-state index contributed by atoms with van der Waals surface area (Å²) in [4.78, 5) is 8.20. The average Bonchev–Trinajstić information content (AvgIpc) is 2.52. The number of fused-ring (bicyclic) bond motifs is 1. The van der Waals surface area contributed by atoms with E-state index in [-0.39, 0.29) is 18.9 Å². The van der Waals surface area contributed by atoms with Gasteiger partial charge < -0.3 is 0 Å². The molecular formula is C12H13F3N2. The zero-order valence-electron chi connectivity index (χ0n) is 9.67. The molecule has 2 nitrogen and oxygen atoms in total. The molecule has 0 unspecified atom stereocenters. The quantitative estimate of drug-likeness (QED) is 0.796. The number of hydrogen-bond acceptors (Lipinski definition) is 2. The second kappa shape index (κ2) is 4.13. The molecule has 1 atom stereocenters. The van der Waals surface area contributed by atoms with Gasteiger partial charge >= 0.3 is 0 Å². The Labute approximate surface area is 97.6 Å². The van der Waals surface area contributed by atoms with Crippen LogP contribution in [0.25, 0.3) is 0 Å². The Morgan fingerprint density at radius 3 is 2.76 bits per heavy atom. The molecule has 92 valence electrons. The lowest BCUT2D eigenvalue weighted by Gasteiger charge is -2.09. The van der Waals surface area contributed by atoms with E-state index < -0.39 is 11.7 Å². The standard InChI is InChI=1S/C12H13F3N2/c1-7-9-5-8(13)6-16-11(9)10(17-7)3-4-12(2,14)15/h5-7H,3-4H2,1-2H3/t7-/m1/s1. The summed E-state index contributed by atoms with van der Waals surface area (Å²) in [5.74, 6) is -3.14. The molecule has 0 saturated heterocycles. The fourth-order valence-corrected chi connectivity index (χ4v) is 1.90. The van der Waals surface area contributed by atoms with E-state index in [1.165, 1.54) is 6.07 Å². The van der Waals surface area contributed by atoms with Gasteiger partial charge in [-0.1, -0.05) is 0 Å². The van der Waals surface area contributed by atoms with Crippen molar-refractivity contribution in [2.75, 3.05) is 0 Å². The second-order valence-corrected chi connectivity index (χ2v) is 4.41. The fraction of sp³-hybridized carbons (Fsp3) is 0.500. The number of hydrogen-bond donors (Lipinski definition) is 0. The molecule has 0 aliphatic carbocycles. The normalized spacial score (nSPS) is 19.1. The summed E-state index contributed by atoms with van der Waals surface area (Å²) < 4.78 is 38.6. The van der Waals surface area contributed by atoms with E-state index in [0.717, 1.165) is 13.1 Å². The molecule has 0 radical (unpaired) electrons. The summed E-state index contributed by atoms with van der Waals surface area (Å²) in [5.41, 5.74) is 1.79. The van der Waals surface area contributed by atoms with Crippen LogP contribution in [-0.4, -0.2) is 16.6 Å². The minimum atomic E-state index is -2.71. The summed E-state index contributed by atoms with van der Waals surface area (Å²) >= 11 is 0. The molecule has 1 aliphatic rings. The lowest BCUT2D eigenvalue weighted by atomic mass is 10.0. The summed E-state index contributed by atoms with van der Waals surface area (Å²) in [6.07, 6.45) is 0.993. The molecule has 2 rings (SSSR count). The van der Waals surface area contributed by atoms with Gasteiger partial charge in [0.15, 0.2) is 0 Å². The first-order chi connectivity index (χ1) is 7.87. The zero-order valence-corrected chi connectivity index (χ0v) is 9.67. The van der Waals surface area contributed by atoms with Gasteiger partial charge in [-0.25, -0.2) is 13.2 Å². The van der Waals surface area contributed by atoms with Crippen molar-refractivity contribution < 1.29 is 13.2 Å². The third kappa shape index (κ3) is 2.65. The highest BCUT2D eigenvalue weighted by atomic mass is 19.3. The molecule has 0 bridgehead atoms.